The number of ether oxygens (including phenoxy) is 1. The summed E-state index contributed by atoms with van der Waals surface area (Å²) in [4.78, 5) is 7.07. The highest BCUT2D eigenvalue weighted by Crippen LogP contribution is 2.17. The fraction of sp³-hybridized carbons (Fsp3) is 0.438. The number of hydrogen-bond acceptors (Lipinski definition) is 5. The lowest BCUT2D eigenvalue weighted by Gasteiger charge is -2.33. The third kappa shape index (κ3) is 5.14. The van der Waals surface area contributed by atoms with E-state index in [0.29, 0.717) is 18.4 Å². The third-order valence-electron chi connectivity index (χ3n) is 3.78. The molecule has 1 aliphatic heterocycles. The molecule has 1 N–H and O–H groups in total. The largest absolute Gasteiger partial charge is 0.486 e. The molecule has 0 saturated carbocycles. The maximum atomic E-state index is 12.8. The first-order valence-electron chi connectivity index (χ1n) is 7.47. The molecular formula is C16H21ClFN3OS. The molecule has 126 valence electrons. The van der Waals surface area contributed by atoms with Crippen LogP contribution in [0.15, 0.2) is 29.6 Å². The summed E-state index contributed by atoms with van der Waals surface area (Å²) < 4.78 is 18.5. The summed E-state index contributed by atoms with van der Waals surface area (Å²) in [6.07, 6.45) is 0. The Hall–Kier alpha value is -1.21. The summed E-state index contributed by atoms with van der Waals surface area (Å²) in [6.45, 7) is 6.67. The van der Waals surface area contributed by atoms with Crippen LogP contribution in [0.4, 0.5) is 4.39 Å². The van der Waals surface area contributed by atoms with E-state index in [1.54, 1.807) is 23.5 Å². The molecule has 23 heavy (non-hydrogen) atoms. The van der Waals surface area contributed by atoms with Gasteiger partial charge in [0, 0.05) is 37.6 Å². The SMILES string of the molecule is C[C@H]1CNCCN1Cc1csc(COc2ccc(F)cc2)n1.Cl. The molecule has 1 saturated heterocycles. The van der Waals surface area contributed by atoms with Gasteiger partial charge in [-0.3, -0.25) is 4.90 Å². The Bertz CT molecular complexity index is 608. The summed E-state index contributed by atoms with van der Waals surface area (Å²) in [5.41, 5.74) is 1.09. The molecule has 0 amide bonds. The number of rotatable bonds is 5. The summed E-state index contributed by atoms with van der Waals surface area (Å²) in [5, 5.41) is 6.43. The molecule has 1 fully saturated rings. The van der Waals surface area contributed by atoms with Gasteiger partial charge in [-0.2, -0.15) is 0 Å². The second-order valence-corrected chi connectivity index (χ2v) is 6.44. The Balaban J connectivity index is 0.00000192. The monoisotopic (exact) mass is 357 g/mol. The van der Waals surface area contributed by atoms with Crippen LogP contribution < -0.4 is 10.1 Å². The van der Waals surface area contributed by atoms with Crippen molar-refractivity contribution in [2.45, 2.75) is 26.1 Å². The number of hydrogen-bond donors (Lipinski definition) is 1. The van der Waals surface area contributed by atoms with Crippen molar-refractivity contribution in [1.29, 1.82) is 0 Å². The molecule has 3 rings (SSSR count). The fourth-order valence-corrected chi connectivity index (χ4v) is 3.19. The Morgan fingerprint density at radius 1 is 1.39 bits per heavy atom. The Kier molecular flexibility index (Phi) is 6.77. The van der Waals surface area contributed by atoms with E-state index in [-0.39, 0.29) is 18.2 Å². The summed E-state index contributed by atoms with van der Waals surface area (Å²) in [7, 11) is 0. The van der Waals surface area contributed by atoms with Gasteiger partial charge in [-0.1, -0.05) is 0 Å². The number of nitrogens with one attached hydrogen (secondary N) is 1. The number of piperazine rings is 1. The lowest BCUT2D eigenvalue weighted by Crippen LogP contribution is -2.49. The second-order valence-electron chi connectivity index (χ2n) is 5.50. The number of aromatic nitrogens is 1. The van der Waals surface area contributed by atoms with Crippen LogP contribution in [0.1, 0.15) is 17.6 Å². The van der Waals surface area contributed by atoms with Gasteiger partial charge in [0.05, 0.1) is 5.69 Å². The molecular weight excluding hydrogens is 337 g/mol. The first-order chi connectivity index (χ1) is 10.7. The van der Waals surface area contributed by atoms with Crippen LogP contribution in [-0.4, -0.2) is 35.6 Å². The average Bonchev–Trinajstić information content (AvgIpc) is 2.97. The highest BCUT2D eigenvalue weighted by Gasteiger charge is 2.18. The minimum absolute atomic E-state index is 0. The minimum atomic E-state index is -0.256. The molecule has 4 nitrogen and oxygen atoms in total. The highest BCUT2D eigenvalue weighted by molar-refractivity contribution is 7.09. The lowest BCUT2D eigenvalue weighted by atomic mass is 10.2. The van der Waals surface area contributed by atoms with Crippen LogP contribution in [-0.2, 0) is 13.2 Å². The van der Waals surface area contributed by atoms with Gasteiger partial charge < -0.3 is 10.1 Å². The molecule has 2 aromatic rings. The third-order valence-corrected chi connectivity index (χ3v) is 4.65. The normalized spacial score (nSPS) is 18.4. The molecule has 0 unspecified atom stereocenters. The van der Waals surface area contributed by atoms with Gasteiger partial charge in [-0.15, -0.1) is 23.7 Å². The zero-order valence-electron chi connectivity index (χ0n) is 13.0. The Labute approximate surface area is 146 Å². The molecule has 1 aromatic heterocycles. The zero-order chi connectivity index (χ0) is 15.4. The van der Waals surface area contributed by atoms with Crippen molar-refractivity contribution in [3.05, 3.63) is 46.2 Å². The van der Waals surface area contributed by atoms with Crippen molar-refractivity contribution in [2.24, 2.45) is 0 Å². The van der Waals surface area contributed by atoms with Gasteiger partial charge in [-0.25, -0.2) is 9.37 Å². The zero-order valence-corrected chi connectivity index (χ0v) is 14.6. The van der Waals surface area contributed by atoms with E-state index in [1.807, 2.05) is 0 Å². The van der Waals surface area contributed by atoms with E-state index in [0.717, 1.165) is 36.9 Å². The molecule has 0 radical (unpaired) electrons. The molecule has 1 aromatic carbocycles. The van der Waals surface area contributed by atoms with E-state index in [4.69, 9.17) is 4.74 Å². The van der Waals surface area contributed by atoms with Crippen molar-refractivity contribution in [3.8, 4) is 5.75 Å². The Morgan fingerprint density at radius 2 is 2.17 bits per heavy atom. The summed E-state index contributed by atoms with van der Waals surface area (Å²) in [6, 6.07) is 6.59. The van der Waals surface area contributed by atoms with E-state index >= 15 is 0 Å². The predicted octanol–water partition coefficient (Wildman–Crippen LogP) is 3.08. The molecule has 0 bridgehead atoms. The van der Waals surface area contributed by atoms with Gasteiger partial charge in [0.15, 0.2) is 0 Å². The predicted molar refractivity (Wildman–Crippen MR) is 92.8 cm³/mol. The highest BCUT2D eigenvalue weighted by atomic mass is 35.5. The van der Waals surface area contributed by atoms with E-state index in [9.17, 15) is 4.39 Å². The van der Waals surface area contributed by atoms with Crippen molar-refractivity contribution < 1.29 is 9.13 Å². The van der Waals surface area contributed by atoms with Crippen LogP contribution in [0.5, 0.6) is 5.75 Å². The maximum absolute atomic E-state index is 12.8. The molecule has 2 heterocycles. The van der Waals surface area contributed by atoms with E-state index in [1.165, 1.54) is 12.1 Å². The Morgan fingerprint density at radius 3 is 2.91 bits per heavy atom. The first-order valence-corrected chi connectivity index (χ1v) is 8.35. The summed E-state index contributed by atoms with van der Waals surface area (Å²) in [5.74, 6) is 0.405. The number of halogens is 2. The van der Waals surface area contributed by atoms with Crippen molar-refractivity contribution >= 4 is 23.7 Å². The molecule has 0 aliphatic carbocycles. The second kappa shape index (κ2) is 8.59. The molecule has 1 aliphatic rings. The first kappa shape index (κ1) is 18.1. The van der Waals surface area contributed by atoms with Gasteiger partial charge >= 0.3 is 0 Å². The van der Waals surface area contributed by atoms with Crippen LogP contribution in [0.3, 0.4) is 0 Å². The average molecular weight is 358 g/mol. The topological polar surface area (TPSA) is 37.4 Å². The van der Waals surface area contributed by atoms with Crippen molar-refractivity contribution in [1.82, 2.24) is 15.2 Å². The molecule has 1 atom stereocenters. The van der Waals surface area contributed by atoms with Gasteiger partial charge in [0.25, 0.3) is 0 Å². The molecule has 0 spiro atoms. The van der Waals surface area contributed by atoms with Gasteiger partial charge in [-0.05, 0) is 31.2 Å². The van der Waals surface area contributed by atoms with Crippen molar-refractivity contribution in [3.63, 3.8) is 0 Å². The smallest absolute Gasteiger partial charge is 0.140 e. The van der Waals surface area contributed by atoms with E-state index in [2.05, 4.69) is 27.5 Å². The molecule has 7 heteroatoms. The van der Waals surface area contributed by atoms with Gasteiger partial charge in [0.2, 0.25) is 0 Å². The van der Waals surface area contributed by atoms with Crippen LogP contribution in [0.2, 0.25) is 0 Å². The number of benzene rings is 1. The van der Waals surface area contributed by atoms with E-state index < -0.39 is 0 Å². The quantitative estimate of drug-likeness (QED) is 0.892. The van der Waals surface area contributed by atoms with Crippen LogP contribution in [0, 0.1) is 5.82 Å². The summed E-state index contributed by atoms with van der Waals surface area (Å²) >= 11 is 1.61. The van der Waals surface area contributed by atoms with Crippen molar-refractivity contribution in [2.75, 3.05) is 19.6 Å². The minimum Gasteiger partial charge on any atom is -0.486 e. The van der Waals surface area contributed by atoms with Gasteiger partial charge in [0.1, 0.15) is 23.2 Å². The van der Waals surface area contributed by atoms with Crippen LogP contribution >= 0.6 is 23.7 Å². The maximum Gasteiger partial charge on any atom is 0.140 e. The van der Waals surface area contributed by atoms with Crippen LogP contribution in [0.25, 0.3) is 0 Å². The standard InChI is InChI=1S/C16H20FN3OS.ClH/c1-12-8-18-6-7-20(12)9-14-11-22-16(19-14)10-21-15-4-2-13(17)3-5-15;/h2-5,11-12,18H,6-10H2,1H3;1H/t12-;/m0./s1. The number of thiazole rings is 1. The fourth-order valence-electron chi connectivity index (χ4n) is 2.49. The lowest BCUT2D eigenvalue weighted by molar-refractivity contribution is 0.164. The number of nitrogens with zero attached hydrogens (tertiary/aromatic N) is 2.